The molecule has 2 atom stereocenters. The van der Waals surface area contributed by atoms with Crippen molar-refractivity contribution in [3.05, 3.63) is 41.5 Å². The summed E-state index contributed by atoms with van der Waals surface area (Å²) in [5.74, 6) is -0.133. The van der Waals surface area contributed by atoms with E-state index in [1.54, 1.807) is 23.4 Å². The topological polar surface area (TPSA) is 63.7 Å². The van der Waals surface area contributed by atoms with Crippen LogP contribution in [0.25, 0.3) is 0 Å². The van der Waals surface area contributed by atoms with Gasteiger partial charge in [0.2, 0.25) is 10.0 Å². The molecular weight excluding hydrogens is 338 g/mol. The van der Waals surface area contributed by atoms with E-state index in [0.29, 0.717) is 24.6 Å². The fourth-order valence-corrected chi connectivity index (χ4v) is 4.82. The molecule has 6 heteroatoms. The molecule has 0 radical (unpaired) electrons. The first-order chi connectivity index (χ1) is 11.9. The van der Waals surface area contributed by atoms with Gasteiger partial charge in [0.05, 0.1) is 17.4 Å². The van der Waals surface area contributed by atoms with Gasteiger partial charge in [0.1, 0.15) is 0 Å². The molecule has 1 fully saturated rings. The number of rotatable bonds is 5. The molecule has 1 saturated carbocycles. The molecule has 136 valence electrons. The van der Waals surface area contributed by atoms with Crippen LogP contribution in [-0.2, 0) is 19.6 Å². The van der Waals surface area contributed by atoms with E-state index in [1.165, 1.54) is 0 Å². The van der Waals surface area contributed by atoms with Crippen LogP contribution in [0, 0.1) is 18.8 Å². The van der Waals surface area contributed by atoms with Gasteiger partial charge in [0, 0.05) is 13.1 Å². The summed E-state index contributed by atoms with van der Waals surface area (Å²) in [6, 6.07) is 6.97. The van der Waals surface area contributed by atoms with Crippen molar-refractivity contribution in [1.82, 2.24) is 4.31 Å². The van der Waals surface area contributed by atoms with E-state index >= 15 is 0 Å². The van der Waals surface area contributed by atoms with E-state index in [4.69, 9.17) is 4.74 Å². The number of sulfonamides is 1. The van der Waals surface area contributed by atoms with Crippen LogP contribution in [0.4, 0.5) is 0 Å². The lowest BCUT2D eigenvalue weighted by molar-refractivity contribution is -0.144. The largest absolute Gasteiger partial charge is 0.466 e. The lowest BCUT2D eigenvalue weighted by atomic mass is 10.1. The minimum atomic E-state index is -3.51. The number of benzene rings is 1. The van der Waals surface area contributed by atoms with Gasteiger partial charge in [-0.25, -0.2) is 8.42 Å². The minimum Gasteiger partial charge on any atom is -0.466 e. The molecule has 2 aliphatic rings. The standard InChI is InChI=1S/C19H25NO4S/c1-3-24-19(21)18-12-17(18)15-6-4-5-11-20(13-15)25(22,23)16-9-7-14(2)8-10-16/h6-10,17-18H,3-5,11-13H2,1-2H3/t17-,18+/m1/s1. The lowest BCUT2D eigenvalue weighted by Gasteiger charge is -2.22. The highest BCUT2D eigenvalue weighted by molar-refractivity contribution is 7.89. The van der Waals surface area contributed by atoms with Crippen molar-refractivity contribution in [2.24, 2.45) is 11.8 Å². The fraction of sp³-hybridized carbons (Fsp3) is 0.526. The summed E-state index contributed by atoms with van der Waals surface area (Å²) in [6.07, 6.45) is 4.53. The Balaban J connectivity index is 1.75. The first-order valence-corrected chi connectivity index (χ1v) is 10.3. The number of nitrogens with zero attached hydrogens (tertiary/aromatic N) is 1. The van der Waals surface area contributed by atoms with E-state index in [0.717, 1.165) is 30.4 Å². The zero-order valence-electron chi connectivity index (χ0n) is 14.8. The molecule has 3 rings (SSSR count). The van der Waals surface area contributed by atoms with Gasteiger partial charge < -0.3 is 4.74 Å². The van der Waals surface area contributed by atoms with Crippen LogP contribution in [0.1, 0.15) is 31.7 Å². The SMILES string of the molecule is CCOC(=O)[C@H]1C[C@@H]1C1=CCCCN(S(=O)(=O)c2ccc(C)cc2)C1. The van der Waals surface area contributed by atoms with Crippen molar-refractivity contribution in [3.63, 3.8) is 0 Å². The fourth-order valence-electron chi connectivity index (χ4n) is 3.35. The normalized spacial score (nSPS) is 24.3. The van der Waals surface area contributed by atoms with Crippen LogP contribution >= 0.6 is 0 Å². The average Bonchev–Trinajstić information content (AvgIpc) is 3.38. The number of carbonyl (C=O) groups is 1. The highest BCUT2D eigenvalue weighted by atomic mass is 32.2. The summed E-state index contributed by atoms with van der Waals surface area (Å²) < 4.78 is 32.6. The minimum absolute atomic E-state index is 0.103. The second kappa shape index (κ2) is 7.30. The lowest BCUT2D eigenvalue weighted by Crippen LogP contribution is -2.33. The molecule has 1 aliphatic carbocycles. The average molecular weight is 363 g/mol. The Morgan fingerprint density at radius 1 is 1.28 bits per heavy atom. The monoisotopic (exact) mass is 363 g/mol. The summed E-state index contributed by atoms with van der Waals surface area (Å²) in [6.45, 7) is 5.00. The number of ether oxygens (including phenoxy) is 1. The summed E-state index contributed by atoms with van der Waals surface area (Å²) in [5.41, 5.74) is 2.09. The molecule has 0 spiro atoms. The molecule has 0 unspecified atom stereocenters. The molecule has 0 N–H and O–H groups in total. The third-order valence-corrected chi connectivity index (χ3v) is 6.75. The van der Waals surface area contributed by atoms with Gasteiger partial charge >= 0.3 is 5.97 Å². The van der Waals surface area contributed by atoms with Crippen LogP contribution in [0.5, 0.6) is 0 Å². The second-order valence-corrected chi connectivity index (χ2v) is 8.71. The molecule has 1 aliphatic heterocycles. The van der Waals surface area contributed by atoms with E-state index in [1.807, 2.05) is 19.1 Å². The quantitative estimate of drug-likeness (QED) is 0.596. The molecule has 5 nitrogen and oxygen atoms in total. The Morgan fingerprint density at radius 2 is 2.00 bits per heavy atom. The highest BCUT2D eigenvalue weighted by Gasteiger charge is 2.47. The number of esters is 1. The first-order valence-electron chi connectivity index (χ1n) is 8.86. The summed E-state index contributed by atoms with van der Waals surface area (Å²) in [4.78, 5) is 12.2. The number of allylic oxidation sites excluding steroid dienone is 1. The molecule has 0 saturated heterocycles. The molecule has 1 aromatic rings. The van der Waals surface area contributed by atoms with Crippen LogP contribution < -0.4 is 0 Å². The van der Waals surface area contributed by atoms with Crippen LogP contribution in [0.15, 0.2) is 40.8 Å². The van der Waals surface area contributed by atoms with Gasteiger partial charge in [0.25, 0.3) is 0 Å². The van der Waals surface area contributed by atoms with Gasteiger partial charge in [-0.1, -0.05) is 29.3 Å². The van der Waals surface area contributed by atoms with Crippen molar-refractivity contribution in [1.29, 1.82) is 0 Å². The summed E-state index contributed by atoms with van der Waals surface area (Å²) >= 11 is 0. The maximum Gasteiger partial charge on any atom is 0.309 e. The van der Waals surface area contributed by atoms with E-state index in [9.17, 15) is 13.2 Å². The van der Waals surface area contributed by atoms with E-state index in [-0.39, 0.29) is 17.8 Å². The third kappa shape index (κ3) is 3.96. The number of carbonyl (C=O) groups excluding carboxylic acids is 1. The number of aryl methyl sites for hydroxylation is 1. The van der Waals surface area contributed by atoms with Gasteiger partial charge in [-0.3, -0.25) is 4.79 Å². The van der Waals surface area contributed by atoms with Crippen molar-refractivity contribution in [3.8, 4) is 0 Å². The maximum atomic E-state index is 13.0. The van der Waals surface area contributed by atoms with Crippen molar-refractivity contribution < 1.29 is 17.9 Å². The van der Waals surface area contributed by atoms with Gasteiger partial charge in [0.15, 0.2) is 0 Å². The first kappa shape index (κ1) is 18.1. The maximum absolute atomic E-state index is 13.0. The van der Waals surface area contributed by atoms with Gasteiger partial charge in [-0.15, -0.1) is 0 Å². The molecule has 25 heavy (non-hydrogen) atoms. The molecule has 0 bridgehead atoms. The van der Waals surface area contributed by atoms with E-state index in [2.05, 4.69) is 6.08 Å². The van der Waals surface area contributed by atoms with Crippen LogP contribution in [0.3, 0.4) is 0 Å². The number of hydrogen-bond acceptors (Lipinski definition) is 4. The zero-order valence-corrected chi connectivity index (χ0v) is 15.6. The van der Waals surface area contributed by atoms with Crippen LogP contribution in [0.2, 0.25) is 0 Å². The molecule has 1 aromatic carbocycles. The third-order valence-electron chi connectivity index (χ3n) is 4.89. The van der Waals surface area contributed by atoms with E-state index < -0.39 is 10.0 Å². The Morgan fingerprint density at radius 3 is 2.68 bits per heavy atom. The predicted octanol–water partition coefficient (Wildman–Crippen LogP) is 2.91. The van der Waals surface area contributed by atoms with Crippen molar-refractivity contribution in [2.45, 2.75) is 38.0 Å². The molecular formula is C19H25NO4S. The van der Waals surface area contributed by atoms with Crippen LogP contribution in [-0.4, -0.2) is 38.4 Å². The van der Waals surface area contributed by atoms with Gasteiger partial charge in [-0.05, 0) is 51.2 Å². The van der Waals surface area contributed by atoms with Crippen molar-refractivity contribution >= 4 is 16.0 Å². The smallest absolute Gasteiger partial charge is 0.309 e. The highest BCUT2D eigenvalue weighted by Crippen LogP contribution is 2.46. The van der Waals surface area contributed by atoms with Gasteiger partial charge in [-0.2, -0.15) is 4.31 Å². The van der Waals surface area contributed by atoms with Crippen molar-refractivity contribution in [2.75, 3.05) is 19.7 Å². The predicted molar refractivity (Wildman–Crippen MR) is 95.5 cm³/mol. The number of hydrogen-bond donors (Lipinski definition) is 0. The Bertz CT molecular complexity index is 767. The summed E-state index contributed by atoms with van der Waals surface area (Å²) in [7, 11) is -3.51. The second-order valence-electron chi connectivity index (χ2n) is 6.77. The summed E-state index contributed by atoms with van der Waals surface area (Å²) in [5, 5.41) is 0. The Kier molecular flexibility index (Phi) is 5.29. The molecule has 0 aromatic heterocycles. The Hall–Kier alpha value is -1.66. The Labute approximate surface area is 149 Å². The molecule has 0 amide bonds. The zero-order chi connectivity index (χ0) is 18.0. The molecule has 1 heterocycles.